The molecule has 0 heterocycles. The van der Waals surface area contributed by atoms with Crippen LogP contribution in [0.3, 0.4) is 0 Å². The molecule has 0 aliphatic carbocycles. The van der Waals surface area contributed by atoms with Gasteiger partial charge in [0.05, 0.1) is 0 Å². The second kappa shape index (κ2) is 50.0. The molecule has 0 aromatic heterocycles. The van der Waals surface area contributed by atoms with Crippen molar-refractivity contribution < 1.29 is 28.6 Å². The van der Waals surface area contributed by atoms with E-state index in [-0.39, 0.29) is 31.1 Å². The minimum atomic E-state index is -0.776. The molecule has 0 saturated carbocycles. The Labute approximate surface area is 378 Å². The molecule has 6 nitrogen and oxygen atoms in total. The van der Waals surface area contributed by atoms with E-state index in [9.17, 15) is 14.4 Å². The van der Waals surface area contributed by atoms with Crippen molar-refractivity contribution in [2.45, 2.75) is 271 Å². The lowest BCUT2D eigenvalue weighted by Crippen LogP contribution is -2.30. The monoisotopic (exact) mass is 855 g/mol. The molecule has 0 radical (unpaired) electrons. The molecular formula is C55H98O6. The number of allylic oxidation sites excluding steroid dienone is 8. The fourth-order valence-corrected chi connectivity index (χ4v) is 7.37. The highest BCUT2D eigenvalue weighted by molar-refractivity contribution is 5.71. The number of unbranched alkanes of at least 4 members (excludes halogenated alkanes) is 30. The van der Waals surface area contributed by atoms with Crippen molar-refractivity contribution in [1.82, 2.24) is 0 Å². The van der Waals surface area contributed by atoms with Crippen molar-refractivity contribution in [2.24, 2.45) is 0 Å². The summed E-state index contributed by atoms with van der Waals surface area (Å²) in [4.78, 5) is 37.9. The van der Waals surface area contributed by atoms with Gasteiger partial charge in [-0.25, -0.2) is 0 Å². The van der Waals surface area contributed by atoms with Crippen LogP contribution < -0.4 is 0 Å². The summed E-state index contributed by atoms with van der Waals surface area (Å²) >= 11 is 0. The summed E-state index contributed by atoms with van der Waals surface area (Å²) in [7, 11) is 0. The molecule has 1 atom stereocenters. The van der Waals surface area contributed by atoms with Gasteiger partial charge in [0.2, 0.25) is 0 Å². The summed E-state index contributed by atoms with van der Waals surface area (Å²) in [5.74, 6) is -0.888. The van der Waals surface area contributed by atoms with Gasteiger partial charge in [0.15, 0.2) is 6.10 Å². The van der Waals surface area contributed by atoms with E-state index in [0.717, 1.165) is 64.2 Å². The second-order valence-electron chi connectivity index (χ2n) is 17.5. The molecule has 0 aromatic carbocycles. The fraction of sp³-hybridized carbons (Fsp3) is 0.800. The van der Waals surface area contributed by atoms with E-state index in [1.54, 1.807) is 0 Å². The van der Waals surface area contributed by atoms with Gasteiger partial charge >= 0.3 is 17.9 Å². The number of esters is 3. The van der Waals surface area contributed by atoms with Crippen molar-refractivity contribution in [3.05, 3.63) is 48.6 Å². The van der Waals surface area contributed by atoms with Crippen LogP contribution in [0.1, 0.15) is 265 Å². The number of hydrogen-bond donors (Lipinski definition) is 0. The third-order valence-corrected chi connectivity index (χ3v) is 11.4. The minimum Gasteiger partial charge on any atom is -0.462 e. The average molecular weight is 855 g/mol. The quantitative estimate of drug-likeness (QED) is 0.0263. The van der Waals surface area contributed by atoms with Crippen molar-refractivity contribution >= 4 is 17.9 Å². The maximum Gasteiger partial charge on any atom is 0.306 e. The zero-order valence-corrected chi connectivity index (χ0v) is 40.4. The van der Waals surface area contributed by atoms with Crippen LogP contribution in [0.5, 0.6) is 0 Å². The van der Waals surface area contributed by atoms with Gasteiger partial charge in [0, 0.05) is 19.3 Å². The van der Waals surface area contributed by atoms with E-state index < -0.39 is 6.10 Å². The van der Waals surface area contributed by atoms with Crippen LogP contribution in [0.2, 0.25) is 0 Å². The average Bonchev–Trinajstić information content (AvgIpc) is 3.26. The Kier molecular flexibility index (Phi) is 47.9. The molecule has 0 bridgehead atoms. The molecule has 0 aliphatic rings. The van der Waals surface area contributed by atoms with Crippen LogP contribution in [0, 0.1) is 0 Å². The molecule has 0 spiro atoms. The molecule has 0 fully saturated rings. The summed E-state index contributed by atoms with van der Waals surface area (Å²) in [6.07, 6.45) is 59.5. The first-order chi connectivity index (χ1) is 30.0. The highest BCUT2D eigenvalue weighted by atomic mass is 16.6. The van der Waals surface area contributed by atoms with E-state index in [1.807, 2.05) is 0 Å². The zero-order chi connectivity index (χ0) is 44.4. The lowest BCUT2D eigenvalue weighted by atomic mass is 10.1. The van der Waals surface area contributed by atoms with Gasteiger partial charge in [-0.2, -0.15) is 0 Å². The molecular weight excluding hydrogens is 757 g/mol. The molecule has 0 N–H and O–H groups in total. The third-order valence-electron chi connectivity index (χ3n) is 11.4. The standard InChI is InChI=1S/C55H98O6/c1-4-7-10-13-16-19-21-23-25-26-27-28-30-31-33-36-39-42-45-48-54(57)60-51-52(50-59-53(56)47-44-41-38-35-18-15-12-9-6-3)61-55(58)49-46-43-40-37-34-32-29-24-22-20-17-14-11-8-5-2/h16-17,19-24,52H,4-15,18,25-51H2,1-3H3/b19-16-,20-17-,23-21-,24-22-. The van der Waals surface area contributed by atoms with Crippen LogP contribution in [0.25, 0.3) is 0 Å². The van der Waals surface area contributed by atoms with Crippen LogP contribution in [-0.4, -0.2) is 37.2 Å². The molecule has 1 unspecified atom stereocenters. The summed E-state index contributed by atoms with van der Waals surface area (Å²) < 4.78 is 16.8. The number of carbonyl (C=O) groups is 3. The minimum absolute atomic E-state index is 0.0771. The second-order valence-corrected chi connectivity index (χ2v) is 17.5. The number of ether oxygens (including phenoxy) is 3. The summed E-state index contributed by atoms with van der Waals surface area (Å²) in [6, 6.07) is 0. The van der Waals surface area contributed by atoms with E-state index in [0.29, 0.717) is 19.3 Å². The first-order valence-electron chi connectivity index (χ1n) is 26.2. The number of carbonyl (C=O) groups excluding carboxylic acids is 3. The normalized spacial score (nSPS) is 12.4. The van der Waals surface area contributed by atoms with E-state index in [1.165, 1.54) is 161 Å². The Balaban J connectivity index is 4.31. The summed E-state index contributed by atoms with van der Waals surface area (Å²) in [5, 5.41) is 0. The largest absolute Gasteiger partial charge is 0.462 e. The van der Waals surface area contributed by atoms with E-state index >= 15 is 0 Å². The van der Waals surface area contributed by atoms with E-state index in [4.69, 9.17) is 14.2 Å². The van der Waals surface area contributed by atoms with Crippen molar-refractivity contribution in [3.8, 4) is 0 Å². The number of rotatable bonds is 47. The first kappa shape index (κ1) is 58.4. The third kappa shape index (κ3) is 48.3. The Morgan fingerprint density at radius 1 is 0.328 bits per heavy atom. The lowest BCUT2D eigenvalue weighted by Gasteiger charge is -2.18. The van der Waals surface area contributed by atoms with Gasteiger partial charge in [0.1, 0.15) is 13.2 Å². The summed E-state index contributed by atoms with van der Waals surface area (Å²) in [5.41, 5.74) is 0. The van der Waals surface area contributed by atoms with Crippen LogP contribution in [0.15, 0.2) is 48.6 Å². The molecule has 6 heteroatoms. The Morgan fingerprint density at radius 2 is 0.574 bits per heavy atom. The van der Waals surface area contributed by atoms with Crippen molar-refractivity contribution in [3.63, 3.8) is 0 Å². The fourth-order valence-electron chi connectivity index (χ4n) is 7.37. The molecule has 61 heavy (non-hydrogen) atoms. The van der Waals surface area contributed by atoms with Crippen LogP contribution in [0.4, 0.5) is 0 Å². The Morgan fingerprint density at radius 3 is 0.902 bits per heavy atom. The first-order valence-corrected chi connectivity index (χ1v) is 26.2. The van der Waals surface area contributed by atoms with Crippen LogP contribution >= 0.6 is 0 Å². The molecule has 354 valence electrons. The topological polar surface area (TPSA) is 78.9 Å². The SMILES string of the molecule is CCCCC/C=C\C=C/CCCCCCCCCCCCC(=O)OCC(COC(=O)CCCCCCCCCCC)OC(=O)CCCCCCCC/C=C\C=C/CCCCC. The van der Waals surface area contributed by atoms with Gasteiger partial charge in [-0.1, -0.05) is 223 Å². The Hall–Kier alpha value is -2.63. The smallest absolute Gasteiger partial charge is 0.306 e. The molecule has 0 rings (SSSR count). The molecule has 0 saturated heterocycles. The van der Waals surface area contributed by atoms with Gasteiger partial charge in [-0.3, -0.25) is 14.4 Å². The predicted octanol–water partition coefficient (Wildman–Crippen LogP) is 17.1. The lowest BCUT2D eigenvalue weighted by molar-refractivity contribution is -0.167. The highest BCUT2D eigenvalue weighted by Crippen LogP contribution is 2.15. The van der Waals surface area contributed by atoms with Gasteiger partial charge in [-0.05, 0) is 70.6 Å². The maximum atomic E-state index is 12.8. The highest BCUT2D eigenvalue weighted by Gasteiger charge is 2.19. The molecule has 0 aliphatic heterocycles. The van der Waals surface area contributed by atoms with E-state index in [2.05, 4.69) is 69.4 Å². The van der Waals surface area contributed by atoms with Gasteiger partial charge in [0.25, 0.3) is 0 Å². The predicted molar refractivity (Wildman–Crippen MR) is 261 cm³/mol. The van der Waals surface area contributed by atoms with Crippen LogP contribution in [-0.2, 0) is 28.6 Å². The number of hydrogen-bond acceptors (Lipinski definition) is 6. The Bertz CT molecular complexity index is 1070. The van der Waals surface area contributed by atoms with Crippen molar-refractivity contribution in [2.75, 3.05) is 13.2 Å². The summed E-state index contributed by atoms with van der Waals surface area (Å²) in [6.45, 7) is 6.56. The molecule has 0 aromatic rings. The van der Waals surface area contributed by atoms with Crippen molar-refractivity contribution in [1.29, 1.82) is 0 Å². The molecule has 0 amide bonds. The van der Waals surface area contributed by atoms with Gasteiger partial charge < -0.3 is 14.2 Å². The maximum absolute atomic E-state index is 12.8. The van der Waals surface area contributed by atoms with Gasteiger partial charge in [-0.15, -0.1) is 0 Å². The zero-order valence-electron chi connectivity index (χ0n) is 40.4.